The molecule has 0 aromatic heterocycles. The fourth-order valence-electron chi connectivity index (χ4n) is 2.69. The van der Waals surface area contributed by atoms with Gasteiger partial charge in [0.15, 0.2) is 11.5 Å². The molecule has 24 heavy (non-hydrogen) atoms. The van der Waals surface area contributed by atoms with Gasteiger partial charge in [-0.25, -0.2) is 4.79 Å². The van der Waals surface area contributed by atoms with Crippen molar-refractivity contribution in [1.29, 1.82) is 0 Å². The number of likely N-dealkylation sites (tertiary alicyclic amines) is 1. The van der Waals surface area contributed by atoms with Crippen LogP contribution in [-0.4, -0.2) is 47.9 Å². The first kappa shape index (κ1) is 18.4. The third kappa shape index (κ3) is 5.30. The van der Waals surface area contributed by atoms with Crippen LogP contribution in [0.5, 0.6) is 11.5 Å². The topological polar surface area (TPSA) is 71.0 Å². The molecule has 1 aromatic rings. The summed E-state index contributed by atoms with van der Waals surface area (Å²) in [5, 5.41) is 13.1. The summed E-state index contributed by atoms with van der Waals surface area (Å²) in [6.07, 6.45) is 1.56. The first-order valence-corrected chi connectivity index (χ1v) is 8.35. The summed E-state index contributed by atoms with van der Waals surface area (Å²) < 4.78 is 10.5. The number of piperidine rings is 1. The molecule has 0 saturated carbocycles. The van der Waals surface area contributed by atoms with Gasteiger partial charge in [0.1, 0.15) is 5.60 Å². The number of rotatable bonds is 4. The van der Waals surface area contributed by atoms with Crippen LogP contribution < -0.4 is 10.1 Å². The van der Waals surface area contributed by atoms with Crippen LogP contribution in [0.1, 0.15) is 39.2 Å². The van der Waals surface area contributed by atoms with E-state index in [0.29, 0.717) is 31.4 Å². The molecule has 1 aromatic carbocycles. The number of carbonyl (C=O) groups excluding carboxylic acids is 1. The fourth-order valence-corrected chi connectivity index (χ4v) is 2.69. The lowest BCUT2D eigenvalue weighted by molar-refractivity contribution is 0.0198. The third-order valence-electron chi connectivity index (χ3n) is 3.99. The molecular formula is C18H28N2O4. The molecule has 0 unspecified atom stereocenters. The van der Waals surface area contributed by atoms with Crippen LogP contribution in [0.3, 0.4) is 0 Å². The number of hydrogen-bond donors (Lipinski definition) is 2. The molecule has 0 bridgehead atoms. The van der Waals surface area contributed by atoms with Crippen molar-refractivity contribution in [2.45, 2.75) is 51.8 Å². The van der Waals surface area contributed by atoms with E-state index in [0.717, 1.165) is 18.4 Å². The maximum atomic E-state index is 12.0. The molecule has 0 aliphatic carbocycles. The highest BCUT2D eigenvalue weighted by Gasteiger charge is 2.26. The summed E-state index contributed by atoms with van der Waals surface area (Å²) in [7, 11) is 1.54. The molecule has 1 amide bonds. The Balaban J connectivity index is 1.78. The molecule has 1 aliphatic rings. The van der Waals surface area contributed by atoms with E-state index in [2.05, 4.69) is 5.32 Å². The minimum Gasteiger partial charge on any atom is -0.504 e. The Bertz CT molecular complexity index is 561. The normalized spacial score (nSPS) is 16.1. The molecule has 0 atom stereocenters. The van der Waals surface area contributed by atoms with E-state index in [1.165, 1.54) is 0 Å². The molecule has 0 radical (unpaired) electrons. The number of nitrogens with zero attached hydrogens (tertiary/aromatic N) is 1. The van der Waals surface area contributed by atoms with Crippen molar-refractivity contribution in [1.82, 2.24) is 10.2 Å². The Morgan fingerprint density at radius 2 is 2.00 bits per heavy atom. The van der Waals surface area contributed by atoms with E-state index in [-0.39, 0.29) is 11.8 Å². The molecular weight excluding hydrogens is 308 g/mol. The van der Waals surface area contributed by atoms with Crippen LogP contribution in [0.25, 0.3) is 0 Å². The first-order valence-electron chi connectivity index (χ1n) is 8.35. The third-order valence-corrected chi connectivity index (χ3v) is 3.99. The van der Waals surface area contributed by atoms with Gasteiger partial charge in [0.2, 0.25) is 0 Å². The van der Waals surface area contributed by atoms with Crippen molar-refractivity contribution >= 4 is 6.09 Å². The van der Waals surface area contributed by atoms with Gasteiger partial charge in [0, 0.05) is 25.7 Å². The Morgan fingerprint density at radius 3 is 2.58 bits per heavy atom. The van der Waals surface area contributed by atoms with E-state index < -0.39 is 5.60 Å². The molecule has 2 N–H and O–H groups in total. The van der Waals surface area contributed by atoms with Gasteiger partial charge in [-0.15, -0.1) is 0 Å². The second-order valence-corrected chi connectivity index (χ2v) is 7.13. The lowest BCUT2D eigenvalue weighted by Crippen LogP contribution is -2.46. The zero-order valence-corrected chi connectivity index (χ0v) is 15.0. The van der Waals surface area contributed by atoms with Gasteiger partial charge in [0.25, 0.3) is 0 Å². The van der Waals surface area contributed by atoms with Gasteiger partial charge < -0.3 is 24.8 Å². The van der Waals surface area contributed by atoms with Crippen LogP contribution in [0.15, 0.2) is 18.2 Å². The maximum absolute atomic E-state index is 12.0. The number of amides is 1. The van der Waals surface area contributed by atoms with Crippen LogP contribution in [-0.2, 0) is 11.3 Å². The van der Waals surface area contributed by atoms with Crippen LogP contribution in [0.4, 0.5) is 4.79 Å². The molecule has 134 valence electrons. The molecule has 0 spiro atoms. The maximum Gasteiger partial charge on any atom is 0.410 e. The first-order chi connectivity index (χ1) is 11.3. The largest absolute Gasteiger partial charge is 0.504 e. The summed E-state index contributed by atoms with van der Waals surface area (Å²) in [6, 6.07) is 5.71. The zero-order chi connectivity index (χ0) is 17.7. The van der Waals surface area contributed by atoms with Crippen molar-refractivity contribution < 1.29 is 19.4 Å². The Hall–Kier alpha value is -1.95. The number of ether oxygens (including phenoxy) is 2. The minimum atomic E-state index is -0.454. The average Bonchev–Trinajstić information content (AvgIpc) is 2.53. The summed E-state index contributed by atoms with van der Waals surface area (Å²) in [6.45, 7) is 7.74. The van der Waals surface area contributed by atoms with Crippen LogP contribution >= 0.6 is 0 Å². The summed E-state index contributed by atoms with van der Waals surface area (Å²) in [5.74, 6) is 0.626. The number of hydrogen-bond acceptors (Lipinski definition) is 5. The predicted molar refractivity (Wildman–Crippen MR) is 92.3 cm³/mol. The van der Waals surface area contributed by atoms with E-state index in [4.69, 9.17) is 9.47 Å². The molecule has 1 fully saturated rings. The van der Waals surface area contributed by atoms with E-state index in [1.807, 2.05) is 32.9 Å². The second kappa shape index (κ2) is 7.75. The van der Waals surface area contributed by atoms with Crippen molar-refractivity contribution in [3.05, 3.63) is 23.8 Å². The lowest BCUT2D eigenvalue weighted by Gasteiger charge is -2.33. The summed E-state index contributed by atoms with van der Waals surface area (Å²) in [5.41, 5.74) is 0.601. The quantitative estimate of drug-likeness (QED) is 0.885. The number of nitrogens with one attached hydrogen (secondary N) is 1. The predicted octanol–water partition coefficient (Wildman–Crippen LogP) is 2.89. The summed E-state index contributed by atoms with van der Waals surface area (Å²) in [4.78, 5) is 13.8. The van der Waals surface area contributed by atoms with Gasteiger partial charge >= 0.3 is 6.09 Å². The Morgan fingerprint density at radius 1 is 1.33 bits per heavy atom. The fraction of sp³-hybridized carbons (Fsp3) is 0.611. The number of methoxy groups -OCH3 is 1. The van der Waals surface area contributed by atoms with Gasteiger partial charge in [0.05, 0.1) is 7.11 Å². The van der Waals surface area contributed by atoms with Gasteiger partial charge in [-0.2, -0.15) is 0 Å². The van der Waals surface area contributed by atoms with Crippen molar-refractivity contribution in [2.75, 3.05) is 20.2 Å². The highest BCUT2D eigenvalue weighted by molar-refractivity contribution is 5.68. The molecule has 6 nitrogen and oxygen atoms in total. The number of carbonyl (C=O) groups is 1. The van der Waals surface area contributed by atoms with Gasteiger partial charge in [-0.3, -0.25) is 0 Å². The monoisotopic (exact) mass is 336 g/mol. The smallest absolute Gasteiger partial charge is 0.410 e. The zero-order valence-electron chi connectivity index (χ0n) is 15.0. The number of phenols is 1. The lowest BCUT2D eigenvalue weighted by atomic mass is 10.0. The van der Waals surface area contributed by atoms with Crippen molar-refractivity contribution in [3.8, 4) is 11.5 Å². The molecule has 1 heterocycles. The van der Waals surface area contributed by atoms with Gasteiger partial charge in [-0.1, -0.05) is 6.07 Å². The Kier molecular flexibility index (Phi) is 5.94. The van der Waals surface area contributed by atoms with Crippen LogP contribution in [0.2, 0.25) is 0 Å². The van der Waals surface area contributed by atoms with E-state index in [9.17, 15) is 9.90 Å². The van der Waals surface area contributed by atoms with Crippen molar-refractivity contribution in [3.63, 3.8) is 0 Å². The van der Waals surface area contributed by atoms with Crippen LogP contribution in [0, 0.1) is 0 Å². The molecule has 1 saturated heterocycles. The molecule has 1 aliphatic heterocycles. The van der Waals surface area contributed by atoms with Crippen molar-refractivity contribution in [2.24, 2.45) is 0 Å². The van der Waals surface area contributed by atoms with Gasteiger partial charge in [-0.05, 0) is 51.3 Å². The molecule has 6 heteroatoms. The van der Waals surface area contributed by atoms with E-state index >= 15 is 0 Å². The number of benzene rings is 1. The standard InChI is InChI=1S/C18H28N2O4/c1-18(2,3)24-17(22)20-9-7-14(8-10-20)19-12-13-5-6-15(21)16(11-13)23-4/h5-6,11,14,19,21H,7-10,12H2,1-4H3. The van der Waals surface area contributed by atoms with E-state index in [1.54, 1.807) is 18.1 Å². The SMILES string of the molecule is COc1cc(CNC2CCN(C(=O)OC(C)(C)C)CC2)ccc1O. The summed E-state index contributed by atoms with van der Waals surface area (Å²) >= 11 is 0. The minimum absolute atomic E-state index is 0.145. The number of aromatic hydroxyl groups is 1. The number of phenolic OH excluding ortho intramolecular Hbond substituents is 1. The highest BCUT2D eigenvalue weighted by Crippen LogP contribution is 2.26. The Labute approximate surface area is 143 Å². The average molecular weight is 336 g/mol. The second-order valence-electron chi connectivity index (χ2n) is 7.13. The molecule has 2 rings (SSSR count). The highest BCUT2D eigenvalue weighted by atomic mass is 16.6.